The van der Waals surface area contributed by atoms with Crippen LogP contribution in [0, 0.1) is 6.92 Å². The second-order valence-corrected chi connectivity index (χ2v) is 5.48. The van der Waals surface area contributed by atoms with Crippen LogP contribution in [0.4, 0.5) is 0 Å². The van der Waals surface area contributed by atoms with E-state index in [0.29, 0.717) is 5.69 Å². The molecule has 1 aliphatic rings. The maximum absolute atomic E-state index is 11.5. The van der Waals surface area contributed by atoms with Crippen molar-refractivity contribution in [1.82, 2.24) is 9.29 Å². The van der Waals surface area contributed by atoms with Crippen LogP contribution in [0.2, 0.25) is 0 Å². The van der Waals surface area contributed by atoms with Gasteiger partial charge in [0.1, 0.15) is 10.7 Å². The molecule has 98 valence electrons. The standard InChI is InChI=1S/C13H18N2O2S/c1-10-6-7-11(13(16)17-2)14-12(10)18-15-8-4-3-5-9-15/h6-7H,3-5,8-9H2,1-2H3. The number of hydrogen-bond donors (Lipinski definition) is 0. The van der Waals surface area contributed by atoms with Crippen molar-refractivity contribution in [3.63, 3.8) is 0 Å². The SMILES string of the molecule is COC(=O)c1ccc(C)c(SN2CCCCC2)n1. The highest BCUT2D eigenvalue weighted by Gasteiger charge is 2.15. The monoisotopic (exact) mass is 266 g/mol. The number of rotatable bonds is 3. The highest BCUT2D eigenvalue weighted by molar-refractivity contribution is 7.97. The number of pyridine rings is 1. The van der Waals surface area contributed by atoms with Crippen LogP contribution in [-0.2, 0) is 4.74 Å². The summed E-state index contributed by atoms with van der Waals surface area (Å²) in [6, 6.07) is 3.63. The van der Waals surface area contributed by atoms with Gasteiger partial charge in [-0.3, -0.25) is 0 Å². The van der Waals surface area contributed by atoms with Crippen LogP contribution in [0.3, 0.4) is 0 Å². The Bertz CT molecular complexity index is 431. The number of aryl methyl sites for hydroxylation is 1. The quantitative estimate of drug-likeness (QED) is 0.621. The van der Waals surface area contributed by atoms with Crippen molar-refractivity contribution in [3.8, 4) is 0 Å². The minimum absolute atomic E-state index is 0.377. The zero-order valence-electron chi connectivity index (χ0n) is 10.8. The smallest absolute Gasteiger partial charge is 0.356 e. The minimum Gasteiger partial charge on any atom is -0.464 e. The molecule has 2 heterocycles. The molecule has 0 bridgehead atoms. The maximum atomic E-state index is 11.5. The van der Waals surface area contributed by atoms with Gasteiger partial charge in [-0.05, 0) is 43.3 Å². The van der Waals surface area contributed by atoms with Crippen molar-refractivity contribution < 1.29 is 9.53 Å². The molecule has 0 unspecified atom stereocenters. The summed E-state index contributed by atoms with van der Waals surface area (Å²) in [6.07, 6.45) is 3.79. The fraction of sp³-hybridized carbons (Fsp3) is 0.538. The lowest BCUT2D eigenvalue weighted by molar-refractivity contribution is 0.0593. The molecule has 1 aliphatic heterocycles. The van der Waals surface area contributed by atoms with Gasteiger partial charge < -0.3 is 4.74 Å². The van der Waals surface area contributed by atoms with Crippen molar-refractivity contribution in [1.29, 1.82) is 0 Å². The summed E-state index contributed by atoms with van der Waals surface area (Å²) >= 11 is 1.65. The fourth-order valence-electron chi connectivity index (χ4n) is 1.90. The molecule has 1 fully saturated rings. The normalized spacial score (nSPS) is 16.6. The first-order valence-corrected chi connectivity index (χ1v) is 6.97. The number of nitrogens with zero attached hydrogens (tertiary/aromatic N) is 2. The molecule has 0 atom stereocenters. The first kappa shape index (κ1) is 13.4. The van der Waals surface area contributed by atoms with E-state index in [1.54, 1.807) is 18.0 Å². The van der Waals surface area contributed by atoms with Crippen LogP contribution >= 0.6 is 11.9 Å². The van der Waals surface area contributed by atoms with Gasteiger partial charge in [-0.1, -0.05) is 12.5 Å². The molecule has 0 radical (unpaired) electrons. The Morgan fingerprint density at radius 3 is 2.72 bits per heavy atom. The molecule has 0 N–H and O–H groups in total. The summed E-state index contributed by atoms with van der Waals surface area (Å²) in [7, 11) is 1.38. The zero-order valence-corrected chi connectivity index (χ0v) is 11.6. The average molecular weight is 266 g/mol. The number of carbonyl (C=O) groups is 1. The average Bonchev–Trinajstić information content (AvgIpc) is 2.41. The Balaban J connectivity index is 2.12. The molecule has 0 saturated carbocycles. The van der Waals surface area contributed by atoms with Crippen molar-refractivity contribution in [2.24, 2.45) is 0 Å². The number of aromatic nitrogens is 1. The van der Waals surface area contributed by atoms with E-state index < -0.39 is 0 Å². The second kappa shape index (κ2) is 6.20. The van der Waals surface area contributed by atoms with Gasteiger partial charge in [0.25, 0.3) is 0 Å². The van der Waals surface area contributed by atoms with Crippen molar-refractivity contribution in [2.75, 3.05) is 20.2 Å². The van der Waals surface area contributed by atoms with E-state index in [2.05, 4.69) is 9.29 Å². The molecule has 1 aromatic rings. The molecule has 4 nitrogen and oxygen atoms in total. The van der Waals surface area contributed by atoms with Crippen molar-refractivity contribution in [2.45, 2.75) is 31.2 Å². The van der Waals surface area contributed by atoms with Gasteiger partial charge in [0, 0.05) is 13.1 Å². The van der Waals surface area contributed by atoms with Gasteiger partial charge >= 0.3 is 5.97 Å². The molecule has 1 aromatic heterocycles. The number of esters is 1. The first-order chi connectivity index (χ1) is 8.70. The van der Waals surface area contributed by atoms with Gasteiger partial charge in [-0.25, -0.2) is 14.1 Å². The third-order valence-corrected chi connectivity index (χ3v) is 4.19. The van der Waals surface area contributed by atoms with Crippen molar-refractivity contribution in [3.05, 3.63) is 23.4 Å². The third-order valence-electron chi connectivity index (χ3n) is 2.98. The second-order valence-electron chi connectivity index (χ2n) is 4.39. The molecule has 0 aliphatic carbocycles. The predicted molar refractivity (Wildman–Crippen MR) is 71.6 cm³/mol. The first-order valence-electron chi connectivity index (χ1n) is 6.19. The van der Waals surface area contributed by atoms with Gasteiger partial charge in [-0.15, -0.1) is 0 Å². The highest BCUT2D eigenvalue weighted by Crippen LogP contribution is 2.27. The van der Waals surface area contributed by atoms with Gasteiger partial charge in [-0.2, -0.15) is 0 Å². The van der Waals surface area contributed by atoms with Crippen LogP contribution in [0.5, 0.6) is 0 Å². The minimum atomic E-state index is -0.379. The highest BCUT2D eigenvalue weighted by atomic mass is 32.2. The third kappa shape index (κ3) is 3.23. The summed E-state index contributed by atoms with van der Waals surface area (Å²) in [4.78, 5) is 15.8. The number of methoxy groups -OCH3 is 1. The van der Waals surface area contributed by atoms with E-state index in [1.807, 2.05) is 13.0 Å². The van der Waals surface area contributed by atoms with E-state index in [1.165, 1.54) is 26.4 Å². The molecule has 5 heteroatoms. The van der Waals surface area contributed by atoms with E-state index in [-0.39, 0.29) is 5.97 Å². The summed E-state index contributed by atoms with van der Waals surface area (Å²) in [5, 5.41) is 0.903. The number of piperidine rings is 1. The van der Waals surface area contributed by atoms with Crippen LogP contribution in [0.15, 0.2) is 17.2 Å². The summed E-state index contributed by atoms with van der Waals surface area (Å²) in [5.74, 6) is -0.379. The van der Waals surface area contributed by atoms with Gasteiger partial charge in [0.2, 0.25) is 0 Å². The van der Waals surface area contributed by atoms with Crippen LogP contribution in [0.25, 0.3) is 0 Å². The molecule has 0 spiro atoms. The number of ether oxygens (including phenoxy) is 1. The van der Waals surface area contributed by atoms with E-state index >= 15 is 0 Å². The summed E-state index contributed by atoms with van der Waals surface area (Å²) in [5.41, 5.74) is 1.47. The topological polar surface area (TPSA) is 42.4 Å². The van der Waals surface area contributed by atoms with E-state index in [0.717, 1.165) is 23.7 Å². The summed E-state index contributed by atoms with van der Waals surface area (Å²) < 4.78 is 7.02. The van der Waals surface area contributed by atoms with E-state index in [9.17, 15) is 4.79 Å². The number of carbonyl (C=O) groups excluding carboxylic acids is 1. The summed E-state index contributed by atoms with van der Waals surface area (Å²) in [6.45, 7) is 4.20. The fourth-order valence-corrected chi connectivity index (χ4v) is 2.94. The van der Waals surface area contributed by atoms with Crippen molar-refractivity contribution >= 4 is 17.9 Å². The van der Waals surface area contributed by atoms with Crippen LogP contribution in [-0.4, -0.2) is 35.5 Å². The van der Waals surface area contributed by atoms with Crippen LogP contribution < -0.4 is 0 Å². The molecule has 0 aromatic carbocycles. The van der Waals surface area contributed by atoms with E-state index in [4.69, 9.17) is 4.74 Å². The molecule has 1 saturated heterocycles. The lowest BCUT2D eigenvalue weighted by Gasteiger charge is -2.25. The molecular weight excluding hydrogens is 248 g/mol. The lowest BCUT2D eigenvalue weighted by atomic mass is 10.2. The predicted octanol–water partition coefficient (Wildman–Crippen LogP) is 2.67. The molecular formula is C13H18N2O2S. The largest absolute Gasteiger partial charge is 0.464 e. The Morgan fingerprint density at radius 1 is 1.33 bits per heavy atom. The van der Waals surface area contributed by atoms with Gasteiger partial charge in [0.05, 0.1) is 7.11 Å². The molecule has 0 amide bonds. The molecule has 2 rings (SSSR count). The Labute approximate surface area is 112 Å². The lowest BCUT2D eigenvalue weighted by Crippen LogP contribution is -2.23. The van der Waals surface area contributed by atoms with Crippen LogP contribution in [0.1, 0.15) is 35.3 Å². The number of hydrogen-bond acceptors (Lipinski definition) is 5. The Morgan fingerprint density at radius 2 is 2.06 bits per heavy atom. The Hall–Kier alpha value is -1.07. The molecule has 18 heavy (non-hydrogen) atoms. The zero-order chi connectivity index (χ0) is 13.0. The van der Waals surface area contributed by atoms with Gasteiger partial charge in [0.15, 0.2) is 0 Å². The Kier molecular flexibility index (Phi) is 4.60. The maximum Gasteiger partial charge on any atom is 0.356 e.